The van der Waals surface area contributed by atoms with Crippen LogP contribution in [0.1, 0.15) is 31.9 Å². The van der Waals surface area contributed by atoms with Crippen LogP contribution in [0.3, 0.4) is 0 Å². The summed E-state index contributed by atoms with van der Waals surface area (Å²) in [7, 11) is 1.20. The van der Waals surface area contributed by atoms with Gasteiger partial charge in [-0.1, -0.05) is 12.1 Å². The second-order valence-corrected chi connectivity index (χ2v) is 4.35. The number of nitrogens with one attached hydrogen (secondary N) is 1. The van der Waals surface area contributed by atoms with Gasteiger partial charge in [0.1, 0.15) is 6.04 Å². The Morgan fingerprint density at radius 2 is 2.25 bits per heavy atom. The lowest BCUT2D eigenvalue weighted by atomic mass is 10.1. The number of ether oxygens (including phenoxy) is 1. The van der Waals surface area contributed by atoms with Gasteiger partial charge in [0.25, 0.3) is 0 Å². The zero-order valence-electron chi connectivity index (χ0n) is 11.7. The van der Waals surface area contributed by atoms with Crippen LogP contribution in [0.5, 0.6) is 0 Å². The molecule has 0 bridgehead atoms. The molecule has 8 heteroatoms. The number of aromatic nitrogens is 3. The summed E-state index contributed by atoms with van der Waals surface area (Å²) in [6.45, 7) is 2.68. The SMILES string of the molecule is CCc1cn(CCCCC(NC(=O)OC)C(=O)O)nn1. The lowest BCUT2D eigenvalue weighted by Crippen LogP contribution is -2.40. The summed E-state index contributed by atoms with van der Waals surface area (Å²) in [6.07, 6.45) is 3.74. The molecule has 0 aliphatic rings. The number of alkyl carbamates (subject to hydrolysis) is 1. The van der Waals surface area contributed by atoms with E-state index in [0.29, 0.717) is 19.4 Å². The average molecular weight is 284 g/mol. The summed E-state index contributed by atoms with van der Waals surface area (Å²) in [5.41, 5.74) is 0.931. The summed E-state index contributed by atoms with van der Waals surface area (Å²) in [4.78, 5) is 22.0. The highest BCUT2D eigenvalue weighted by atomic mass is 16.5. The molecule has 1 unspecified atom stereocenters. The number of carbonyl (C=O) groups is 2. The Bertz CT molecular complexity index is 446. The van der Waals surface area contributed by atoms with Gasteiger partial charge in [-0.2, -0.15) is 0 Å². The number of methoxy groups -OCH3 is 1. The molecule has 0 radical (unpaired) electrons. The van der Waals surface area contributed by atoms with E-state index in [9.17, 15) is 9.59 Å². The number of hydrogen-bond donors (Lipinski definition) is 2. The van der Waals surface area contributed by atoms with E-state index in [1.54, 1.807) is 4.68 Å². The van der Waals surface area contributed by atoms with Gasteiger partial charge in [-0.05, 0) is 25.7 Å². The van der Waals surface area contributed by atoms with Crippen molar-refractivity contribution in [1.29, 1.82) is 0 Å². The molecule has 8 nitrogen and oxygen atoms in total. The fraction of sp³-hybridized carbons (Fsp3) is 0.667. The van der Waals surface area contributed by atoms with Crippen LogP contribution in [-0.4, -0.2) is 45.3 Å². The largest absolute Gasteiger partial charge is 0.480 e. The minimum atomic E-state index is -1.07. The number of nitrogens with zero attached hydrogens (tertiary/aromatic N) is 3. The Morgan fingerprint density at radius 3 is 2.80 bits per heavy atom. The van der Waals surface area contributed by atoms with Crippen LogP contribution >= 0.6 is 0 Å². The molecule has 0 aliphatic carbocycles. The van der Waals surface area contributed by atoms with E-state index in [1.165, 1.54) is 7.11 Å². The molecule has 0 spiro atoms. The van der Waals surface area contributed by atoms with Crippen LogP contribution in [-0.2, 0) is 22.5 Å². The average Bonchev–Trinajstić information content (AvgIpc) is 2.89. The number of rotatable bonds is 8. The maximum atomic E-state index is 11.0. The van der Waals surface area contributed by atoms with E-state index in [1.807, 2.05) is 13.1 Å². The van der Waals surface area contributed by atoms with Crippen molar-refractivity contribution in [3.8, 4) is 0 Å². The number of aryl methyl sites for hydroxylation is 2. The van der Waals surface area contributed by atoms with Gasteiger partial charge in [0, 0.05) is 12.7 Å². The van der Waals surface area contributed by atoms with Gasteiger partial charge in [-0.25, -0.2) is 9.59 Å². The third-order valence-corrected chi connectivity index (χ3v) is 2.85. The first kappa shape index (κ1) is 15.9. The van der Waals surface area contributed by atoms with Crippen molar-refractivity contribution in [2.45, 2.75) is 45.2 Å². The van der Waals surface area contributed by atoms with E-state index in [4.69, 9.17) is 5.11 Å². The van der Waals surface area contributed by atoms with Gasteiger partial charge in [0.05, 0.1) is 12.8 Å². The van der Waals surface area contributed by atoms with Gasteiger partial charge in [0.2, 0.25) is 0 Å². The first-order chi connectivity index (χ1) is 9.56. The molecular weight excluding hydrogens is 264 g/mol. The lowest BCUT2D eigenvalue weighted by molar-refractivity contribution is -0.139. The molecule has 20 heavy (non-hydrogen) atoms. The van der Waals surface area contributed by atoms with Crippen LogP contribution in [0.4, 0.5) is 4.79 Å². The van der Waals surface area contributed by atoms with Crippen molar-refractivity contribution in [2.24, 2.45) is 0 Å². The Labute approximate surface area is 117 Å². The van der Waals surface area contributed by atoms with E-state index in [-0.39, 0.29) is 0 Å². The summed E-state index contributed by atoms with van der Waals surface area (Å²) < 4.78 is 6.12. The van der Waals surface area contributed by atoms with Gasteiger partial charge in [-0.3, -0.25) is 4.68 Å². The van der Waals surface area contributed by atoms with E-state index < -0.39 is 18.1 Å². The molecule has 1 heterocycles. The van der Waals surface area contributed by atoms with Crippen LogP contribution < -0.4 is 5.32 Å². The fourth-order valence-electron chi connectivity index (χ4n) is 1.69. The quantitative estimate of drug-likeness (QED) is 0.684. The minimum absolute atomic E-state index is 0.347. The Balaban J connectivity index is 2.29. The van der Waals surface area contributed by atoms with Crippen LogP contribution in [0.25, 0.3) is 0 Å². The third kappa shape index (κ3) is 5.25. The van der Waals surface area contributed by atoms with Gasteiger partial charge >= 0.3 is 12.1 Å². The minimum Gasteiger partial charge on any atom is -0.480 e. The first-order valence-electron chi connectivity index (χ1n) is 6.53. The van der Waals surface area contributed by atoms with Crippen LogP contribution in [0, 0.1) is 0 Å². The molecule has 1 rings (SSSR count). The topological polar surface area (TPSA) is 106 Å². The van der Waals surface area contributed by atoms with Gasteiger partial charge in [-0.15, -0.1) is 5.10 Å². The number of amides is 1. The summed E-state index contributed by atoms with van der Waals surface area (Å²) in [6, 6.07) is -0.926. The predicted molar refractivity (Wildman–Crippen MR) is 70.2 cm³/mol. The van der Waals surface area contributed by atoms with E-state index >= 15 is 0 Å². The zero-order chi connectivity index (χ0) is 15.0. The second kappa shape index (κ2) is 8.13. The molecule has 0 aliphatic heterocycles. The van der Waals surface area contributed by atoms with Crippen LogP contribution in [0.15, 0.2) is 6.20 Å². The van der Waals surface area contributed by atoms with Crippen molar-refractivity contribution >= 4 is 12.1 Å². The molecule has 112 valence electrons. The first-order valence-corrected chi connectivity index (χ1v) is 6.53. The maximum absolute atomic E-state index is 11.0. The Morgan fingerprint density at radius 1 is 1.50 bits per heavy atom. The highest BCUT2D eigenvalue weighted by molar-refractivity contribution is 5.79. The predicted octanol–water partition coefficient (Wildman–Crippen LogP) is 0.820. The standard InChI is InChI=1S/C12H20N4O4/c1-3-9-8-16(15-14-9)7-5-4-6-10(11(17)18)13-12(19)20-2/h8,10H,3-7H2,1-2H3,(H,13,19)(H,17,18). The van der Waals surface area contributed by atoms with Crippen molar-refractivity contribution < 1.29 is 19.4 Å². The molecule has 2 N–H and O–H groups in total. The van der Waals surface area contributed by atoms with Crippen molar-refractivity contribution in [1.82, 2.24) is 20.3 Å². The van der Waals surface area contributed by atoms with Gasteiger partial charge in [0.15, 0.2) is 0 Å². The van der Waals surface area contributed by atoms with Crippen molar-refractivity contribution in [3.05, 3.63) is 11.9 Å². The fourth-order valence-corrected chi connectivity index (χ4v) is 1.69. The summed E-state index contributed by atoms with van der Waals surface area (Å²) in [5.74, 6) is -1.07. The monoisotopic (exact) mass is 284 g/mol. The molecule has 0 aromatic carbocycles. The Kier molecular flexibility index (Phi) is 6.48. The van der Waals surface area contributed by atoms with Gasteiger partial charge < -0.3 is 15.2 Å². The van der Waals surface area contributed by atoms with E-state index in [2.05, 4.69) is 20.4 Å². The van der Waals surface area contributed by atoms with Crippen LogP contribution in [0.2, 0.25) is 0 Å². The van der Waals surface area contributed by atoms with Crippen molar-refractivity contribution in [3.63, 3.8) is 0 Å². The molecular formula is C12H20N4O4. The number of carboxylic acid groups (broad SMARTS) is 1. The van der Waals surface area contributed by atoms with Crippen molar-refractivity contribution in [2.75, 3.05) is 7.11 Å². The molecule has 1 atom stereocenters. The molecule has 0 fully saturated rings. The molecule has 0 saturated heterocycles. The second-order valence-electron chi connectivity index (χ2n) is 4.35. The highest BCUT2D eigenvalue weighted by Gasteiger charge is 2.19. The highest BCUT2D eigenvalue weighted by Crippen LogP contribution is 2.04. The number of carboxylic acids is 1. The summed E-state index contributed by atoms with van der Waals surface area (Å²) in [5, 5.41) is 19.2. The smallest absolute Gasteiger partial charge is 0.407 e. The zero-order valence-corrected chi connectivity index (χ0v) is 11.7. The number of unbranched alkanes of at least 4 members (excludes halogenated alkanes) is 1. The molecule has 0 saturated carbocycles. The third-order valence-electron chi connectivity index (χ3n) is 2.85. The number of carbonyl (C=O) groups excluding carboxylic acids is 1. The maximum Gasteiger partial charge on any atom is 0.407 e. The lowest BCUT2D eigenvalue weighted by Gasteiger charge is -2.13. The Hall–Kier alpha value is -2.12. The van der Waals surface area contributed by atoms with E-state index in [0.717, 1.165) is 18.5 Å². The summed E-state index contributed by atoms with van der Waals surface area (Å²) >= 11 is 0. The normalized spacial score (nSPS) is 11.9. The number of hydrogen-bond acceptors (Lipinski definition) is 5. The molecule has 1 amide bonds. The number of aliphatic carboxylic acids is 1. The molecule has 1 aromatic rings. The molecule has 1 aromatic heterocycles.